The molecule has 1 amide bonds. The Morgan fingerprint density at radius 3 is 2.40 bits per heavy atom. The number of aliphatic hydroxyl groups is 1. The van der Waals surface area contributed by atoms with Crippen molar-refractivity contribution in [3.05, 3.63) is 28.2 Å². The van der Waals surface area contributed by atoms with Gasteiger partial charge in [-0.3, -0.25) is 4.79 Å². The summed E-state index contributed by atoms with van der Waals surface area (Å²) in [7, 11) is 0. The van der Waals surface area contributed by atoms with Gasteiger partial charge in [-0.1, -0.05) is 23.2 Å². The molecule has 0 unspecified atom stereocenters. The number of amides is 1. The Labute approximate surface area is 125 Å². The molecule has 0 aliphatic rings. The molecular formula is C12H14Cl2N2O4. The number of rotatable bonds is 7. The first-order valence-electron chi connectivity index (χ1n) is 5.83. The van der Waals surface area contributed by atoms with Gasteiger partial charge in [0.25, 0.3) is 0 Å². The summed E-state index contributed by atoms with van der Waals surface area (Å²) in [6.45, 7) is -0.00970. The normalized spacial score (nSPS) is 11.9. The molecule has 8 heteroatoms. The highest BCUT2D eigenvalue weighted by atomic mass is 35.5. The summed E-state index contributed by atoms with van der Waals surface area (Å²) < 4.78 is 0. The first kappa shape index (κ1) is 16.7. The van der Waals surface area contributed by atoms with Gasteiger partial charge in [0.1, 0.15) is 6.04 Å². The summed E-state index contributed by atoms with van der Waals surface area (Å²) >= 11 is 11.6. The van der Waals surface area contributed by atoms with Crippen LogP contribution in [0.25, 0.3) is 0 Å². The molecule has 0 radical (unpaired) electrons. The second kappa shape index (κ2) is 8.06. The van der Waals surface area contributed by atoms with Gasteiger partial charge in [-0.05, 0) is 18.2 Å². The number of hydrogen-bond acceptors (Lipinski definition) is 4. The summed E-state index contributed by atoms with van der Waals surface area (Å²) in [5.41, 5.74) is 0.381. The molecular weight excluding hydrogens is 307 g/mol. The Hall–Kier alpha value is -1.34. The van der Waals surface area contributed by atoms with Crippen LogP contribution in [0, 0.1) is 0 Å². The van der Waals surface area contributed by atoms with E-state index in [9.17, 15) is 14.7 Å². The summed E-state index contributed by atoms with van der Waals surface area (Å²) in [6, 6.07) is 3.45. The second-order valence-electron chi connectivity index (χ2n) is 4.08. The van der Waals surface area contributed by atoms with Gasteiger partial charge in [0, 0.05) is 15.7 Å². The van der Waals surface area contributed by atoms with Gasteiger partial charge in [-0.2, -0.15) is 0 Å². The molecule has 0 spiro atoms. The molecule has 0 heterocycles. The number of halogens is 2. The molecule has 110 valence electrons. The lowest BCUT2D eigenvalue weighted by atomic mass is 10.2. The largest absolute Gasteiger partial charge is 0.544 e. The van der Waals surface area contributed by atoms with Crippen molar-refractivity contribution >= 4 is 40.8 Å². The van der Waals surface area contributed by atoms with E-state index in [0.717, 1.165) is 0 Å². The third-order valence-corrected chi connectivity index (χ3v) is 2.87. The van der Waals surface area contributed by atoms with E-state index in [4.69, 9.17) is 28.3 Å². The van der Waals surface area contributed by atoms with Gasteiger partial charge in [0.15, 0.2) is 0 Å². The number of carboxylic acid groups (broad SMARTS) is 1. The highest BCUT2D eigenvalue weighted by Gasteiger charge is 2.18. The van der Waals surface area contributed by atoms with Crippen LogP contribution in [-0.4, -0.2) is 36.2 Å². The second-order valence-corrected chi connectivity index (χ2v) is 4.96. The van der Waals surface area contributed by atoms with Gasteiger partial charge in [-0.25, -0.2) is 0 Å². The van der Waals surface area contributed by atoms with Crippen molar-refractivity contribution in [2.24, 2.45) is 0 Å². The number of nitrogens with one attached hydrogen (secondary N) is 1. The van der Waals surface area contributed by atoms with Crippen molar-refractivity contribution in [1.82, 2.24) is 0 Å². The number of carbonyl (C=O) groups is 2. The van der Waals surface area contributed by atoms with Crippen LogP contribution in [0.3, 0.4) is 0 Å². The average Bonchev–Trinajstić information content (AvgIpc) is 2.32. The fourth-order valence-corrected chi connectivity index (χ4v) is 2.10. The number of carbonyl (C=O) groups excluding carboxylic acids is 2. The zero-order valence-electron chi connectivity index (χ0n) is 10.4. The van der Waals surface area contributed by atoms with Gasteiger partial charge in [0.2, 0.25) is 5.91 Å². The Morgan fingerprint density at radius 1 is 1.30 bits per heavy atom. The summed E-state index contributed by atoms with van der Waals surface area (Å²) in [6.07, 6.45) is -0.285. The summed E-state index contributed by atoms with van der Waals surface area (Å²) in [5, 5.41) is 24.1. The minimum absolute atomic E-state index is 0.176. The maximum atomic E-state index is 11.7. The van der Waals surface area contributed by atoms with Crippen LogP contribution in [0.2, 0.25) is 10.0 Å². The van der Waals surface area contributed by atoms with Crippen LogP contribution in [-0.2, 0) is 9.59 Å². The zero-order valence-corrected chi connectivity index (χ0v) is 11.9. The molecule has 0 saturated carbocycles. The highest BCUT2D eigenvalue weighted by molar-refractivity contribution is 6.35. The number of aliphatic carboxylic acids is 1. The van der Waals surface area contributed by atoms with E-state index in [-0.39, 0.29) is 19.6 Å². The molecule has 0 saturated heterocycles. The smallest absolute Gasteiger partial charge is 0.230 e. The van der Waals surface area contributed by atoms with E-state index in [1.54, 1.807) is 0 Å². The number of aliphatic hydroxyl groups excluding tert-OH is 1. The number of hydrogen-bond donors (Lipinski definition) is 3. The molecule has 4 N–H and O–H groups in total. The van der Waals surface area contributed by atoms with Crippen molar-refractivity contribution in [3.63, 3.8) is 0 Å². The Morgan fingerprint density at radius 2 is 1.90 bits per heavy atom. The quantitative estimate of drug-likeness (QED) is 0.599. The summed E-state index contributed by atoms with van der Waals surface area (Å²) in [5.74, 6) is -1.87. The van der Waals surface area contributed by atoms with Crippen LogP contribution < -0.4 is 15.7 Å². The van der Waals surface area contributed by atoms with E-state index in [2.05, 4.69) is 5.32 Å². The lowest BCUT2D eigenvalue weighted by Gasteiger charge is -2.15. The van der Waals surface area contributed by atoms with Crippen molar-refractivity contribution in [1.29, 1.82) is 0 Å². The minimum Gasteiger partial charge on any atom is -0.544 e. The van der Waals surface area contributed by atoms with E-state index >= 15 is 0 Å². The average molecular weight is 321 g/mol. The first-order valence-corrected chi connectivity index (χ1v) is 6.59. The third kappa shape index (κ3) is 5.75. The topological polar surface area (TPSA) is 106 Å². The lowest BCUT2D eigenvalue weighted by Crippen LogP contribution is -2.94. The van der Waals surface area contributed by atoms with Gasteiger partial charge < -0.3 is 25.6 Å². The third-order valence-electron chi connectivity index (χ3n) is 2.43. The number of benzene rings is 1. The standard InChI is InChI=1S/C12H14Cl2N2O4/c13-7-3-8(14)5-9(4-7)16-11(18)6-10(12(19)20)15-1-2-17/h3-5,10,15,17H,1-2,6H2,(H,16,18)(H,19,20)/t10-/m0/s1. The monoisotopic (exact) mass is 320 g/mol. The first-order chi connectivity index (χ1) is 9.42. The zero-order chi connectivity index (χ0) is 15.1. The predicted octanol–water partition coefficient (Wildman–Crippen LogP) is -1.00. The number of carboxylic acids is 1. The maximum Gasteiger partial charge on any atom is 0.230 e. The maximum absolute atomic E-state index is 11.7. The van der Waals surface area contributed by atoms with Crippen molar-refractivity contribution in [2.45, 2.75) is 12.5 Å². The van der Waals surface area contributed by atoms with Gasteiger partial charge in [0.05, 0.1) is 25.5 Å². The van der Waals surface area contributed by atoms with Gasteiger partial charge >= 0.3 is 0 Å². The van der Waals surface area contributed by atoms with E-state index in [1.807, 2.05) is 0 Å². The molecule has 0 aromatic heterocycles. The molecule has 1 aromatic carbocycles. The fourth-order valence-electron chi connectivity index (χ4n) is 1.58. The number of nitrogens with two attached hydrogens (primary N) is 1. The predicted molar refractivity (Wildman–Crippen MR) is 72.4 cm³/mol. The summed E-state index contributed by atoms with van der Waals surface area (Å²) in [4.78, 5) is 22.6. The molecule has 0 aliphatic heterocycles. The molecule has 20 heavy (non-hydrogen) atoms. The molecule has 1 rings (SSSR count). The minimum atomic E-state index is -1.36. The van der Waals surface area contributed by atoms with Crippen LogP contribution in [0.1, 0.15) is 6.42 Å². The molecule has 1 aromatic rings. The Bertz CT molecular complexity index is 476. The van der Waals surface area contributed by atoms with Crippen LogP contribution in [0.5, 0.6) is 0 Å². The van der Waals surface area contributed by atoms with Gasteiger partial charge in [-0.15, -0.1) is 0 Å². The lowest BCUT2D eigenvalue weighted by molar-refractivity contribution is -0.683. The molecule has 0 aliphatic carbocycles. The highest BCUT2D eigenvalue weighted by Crippen LogP contribution is 2.22. The number of quaternary nitrogens is 1. The van der Waals surface area contributed by atoms with Crippen LogP contribution in [0.15, 0.2) is 18.2 Å². The molecule has 6 nitrogen and oxygen atoms in total. The fraction of sp³-hybridized carbons (Fsp3) is 0.333. The van der Waals surface area contributed by atoms with Crippen molar-refractivity contribution < 1.29 is 25.1 Å². The Balaban J connectivity index is 2.63. The van der Waals surface area contributed by atoms with Crippen molar-refractivity contribution in [2.75, 3.05) is 18.5 Å². The van der Waals surface area contributed by atoms with E-state index in [1.165, 1.54) is 23.5 Å². The van der Waals surface area contributed by atoms with E-state index in [0.29, 0.717) is 15.7 Å². The van der Waals surface area contributed by atoms with Crippen molar-refractivity contribution in [3.8, 4) is 0 Å². The molecule has 0 bridgehead atoms. The molecule has 1 atom stereocenters. The number of anilines is 1. The SMILES string of the molecule is O=C(C[C@H]([NH2+]CCO)C(=O)[O-])Nc1cc(Cl)cc(Cl)c1. The van der Waals surface area contributed by atoms with Crippen LogP contribution in [0.4, 0.5) is 5.69 Å². The van der Waals surface area contributed by atoms with E-state index < -0.39 is 17.9 Å². The van der Waals surface area contributed by atoms with Crippen LogP contribution >= 0.6 is 23.2 Å². The Kier molecular flexibility index (Phi) is 6.74. The molecule has 0 fully saturated rings.